The maximum absolute atomic E-state index is 13.2. The van der Waals surface area contributed by atoms with Crippen molar-refractivity contribution in [2.45, 2.75) is 32.8 Å². The van der Waals surface area contributed by atoms with E-state index >= 15 is 0 Å². The van der Waals surface area contributed by atoms with E-state index in [-0.39, 0.29) is 23.4 Å². The van der Waals surface area contributed by atoms with Gasteiger partial charge in [-0.15, -0.1) is 0 Å². The third kappa shape index (κ3) is 4.63. The lowest BCUT2D eigenvalue weighted by molar-refractivity contribution is -0.117. The Morgan fingerprint density at radius 2 is 1.86 bits per heavy atom. The van der Waals surface area contributed by atoms with Crippen molar-refractivity contribution in [3.8, 4) is 11.8 Å². The third-order valence-corrected chi connectivity index (χ3v) is 6.22. The second-order valence-electron chi connectivity index (χ2n) is 10.1. The number of carbonyl (C=O) groups excluding carboxylic acids is 2. The van der Waals surface area contributed by atoms with E-state index in [1.165, 1.54) is 0 Å². The number of aromatic nitrogens is 3. The molecule has 0 bridgehead atoms. The lowest BCUT2D eigenvalue weighted by Gasteiger charge is -2.20. The summed E-state index contributed by atoms with van der Waals surface area (Å²) in [7, 11) is 1.70. The van der Waals surface area contributed by atoms with Crippen molar-refractivity contribution in [1.82, 2.24) is 14.1 Å². The molecule has 2 amide bonds. The number of hydrogen-bond acceptors (Lipinski definition) is 6. The molecule has 1 aliphatic rings. The molecule has 5 rings (SSSR count). The zero-order valence-electron chi connectivity index (χ0n) is 20.9. The summed E-state index contributed by atoms with van der Waals surface area (Å²) >= 11 is 0. The van der Waals surface area contributed by atoms with E-state index in [0.29, 0.717) is 39.9 Å². The summed E-state index contributed by atoms with van der Waals surface area (Å²) < 4.78 is 8.56. The molecule has 2 aromatic heterocycles. The summed E-state index contributed by atoms with van der Waals surface area (Å²) in [6, 6.07) is 14.7. The van der Waals surface area contributed by atoms with Crippen LogP contribution < -0.4 is 16.3 Å². The highest BCUT2D eigenvalue weighted by Crippen LogP contribution is 2.38. The summed E-state index contributed by atoms with van der Waals surface area (Å²) in [5.74, 6) is -0.555. The van der Waals surface area contributed by atoms with Gasteiger partial charge in [0, 0.05) is 18.6 Å². The van der Waals surface area contributed by atoms with E-state index < -0.39 is 11.7 Å². The largest absolute Gasteiger partial charge is 0.444 e. The Hall–Kier alpha value is -4.65. The molecular weight excluding hydrogens is 472 g/mol. The summed E-state index contributed by atoms with van der Waals surface area (Å²) in [5, 5.41) is 15.8. The number of imidazole rings is 1. The lowest BCUT2D eigenvalue weighted by Crippen LogP contribution is -2.27. The summed E-state index contributed by atoms with van der Waals surface area (Å²) in [4.78, 5) is 42.7. The molecule has 0 aliphatic heterocycles. The lowest BCUT2D eigenvalue weighted by atomic mass is 10.1. The average Bonchev–Trinajstić information content (AvgIpc) is 3.58. The van der Waals surface area contributed by atoms with E-state index in [1.54, 1.807) is 61.3 Å². The Morgan fingerprint density at radius 3 is 2.54 bits per heavy atom. The second kappa shape index (κ2) is 8.78. The number of aryl methyl sites for hydroxylation is 1. The van der Waals surface area contributed by atoms with Crippen molar-refractivity contribution in [3.05, 3.63) is 59.1 Å². The van der Waals surface area contributed by atoms with Gasteiger partial charge in [-0.1, -0.05) is 12.1 Å². The van der Waals surface area contributed by atoms with E-state index in [9.17, 15) is 14.4 Å². The smallest absolute Gasteiger partial charge is 0.412 e. The number of fused-ring (bicyclic) bond motifs is 2. The molecule has 2 heterocycles. The molecule has 10 nitrogen and oxygen atoms in total. The molecule has 2 aromatic carbocycles. The molecule has 10 heteroatoms. The second-order valence-corrected chi connectivity index (χ2v) is 10.1. The number of nitriles is 1. The van der Waals surface area contributed by atoms with Crippen LogP contribution in [0.2, 0.25) is 0 Å². The van der Waals surface area contributed by atoms with Crippen molar-refractivity contribution in [2.75, 3.05) is 10.6 Å². The van der Waals surface area contributed by atoms with E-state index in [4.69, 9.17) is 10.00 Å². The monoisotopic (exact) mass is 498 g/mol. The first-order valence-electron chi connectivity index (χ1n) is 11.9. The molecule has 1 fully saturated rings. The minimum atomic E-state index is -0.704. The van der Waals surface area contributed by atoms with E-state index in [2.05, 4.69) is 21.7 Å². The molecule has 0 radical (unpaired) electrons. The summed E-state index contributed by atoms with van der Waals surface area (Å²) in [5.41, 5.74) is 1.44. The van der Waals surface area contributed by atoms with E-state index in [0.717, 1.165) is 5.52 Å². The normalized spacial score (nSPS) is 16.8. The van der Waals surface area contributed by atoms with Gasteiger partial charge in [0.25, 0.3) is 0 Å². The zero-order valence-corrected chi connectivity index (χ0v) is 20.9. The fraction of sp³-hybridized carbons (Fsp3) is 0.296. The van der Waals surface area contributed by atoms with Gasteiger partial charge in [0.15, 0.2) is 0 Å². The highest BCUT2D eigenvalue weighted by Gasteiger charge is 2.43. The maximum atomic E-state index is 13.2. The molecule has 2 N–H and O–H groups in total. The van der Waals surface area contributed by atoms with Crippen molar-refractivity contribution in [2.24, 2.45) is 18.9 Å². The number of rotatable bonds is 4. The number of carbonyl (C=O) groups is 2. The number of ether oxygens (including phenoxy) is 1. The summed E-state index contributed by atoms with van der Waals surface area (Å²) in [6.45, 7) is 5.30. The van der Waals surface area contributed by atoms with Crippen LogP contribution >= 0.6 is 0 Å². The zero-order chi connectivity index (χ0) is 26.5. The van der Waals surface area contributed by atoms with E-state index in [1.807, 2.05) is 24.3 Å². The molecule has 0 saturated heterocycles. The van der Waals surface area contributed by atoms with Gasteiger partial charge in [-0.05, 0) is 62.9 Å². The number of hydrogen-bond donors (Lipinski definition) is 2. The minimum Gasteiger partial charge on any atom is -0.444 e. The van der Waals surface area contributed by atoms with Gasteiger partial charge in [0.2, 0.25) is 5.91 Å². The maximum Gasteiger partial charge on any atom is 0.412 e. The predicted molar refractivity (Wildman–Crippen MR) is 140 cm³/mol. The van der Waals surface area contributed by atoms with Crippen LogP contribution in [0, 0.1) is 23.2 Å². The number of benzene rings is 2. The first-order valence-corrected chi connectivity index (χ1v) is 11.9. The SMILES string of the molecule is Cn1c(=O)n(-c2cc(NC(=O)OC(C)(C)C)c3cnc(NC(=O)C4CC4C#N)cc3c2)c2ccccc21. The van der Waals surface area contributed by atoms with Crippen LogP contribution in [0.15, 0.2) is 53.5 Å². The molecule has 4 aromatic rings. The molecular formula is C27H26N6O4. The standard InChI is InChI=1S/C27H26N6O4/c1-27(2,3)37-25(35)30-20-12-17(33-22-8-6-5-7-21(22)32(4)26(33)36)9-15-11-23(29-14-19(15)20)31-24(34)18-10-16(18)13-28/h5-9,11-12,14,16,18H,10H2,1-4H3,(H,30,35)(H,29,31,34). The molecule has 2 atom stereocenters. The number of pyridine rings is 1. The highest BCUT2D eigenvalue weighted by atomic mass is 16.6. The van der Waals surface area contributed by atoms with Crippen molar-refractivity contribution in [3.63, 3.8) is 0 Å². The number of nitrogens with zero attached hydrogens (tertiary/aromatic N) is 4. The number of nitrogens with one attached hydrogen (secondary N) is 2. The van der Waals surface area contributed by atoms with Crippen molar-refractivity contribution < 1.29 is 14.3 Å². The molecule has 37 heavy (non-hydrogen) atoms. The van der Waals surface area contributed by atoms with Crippen molar-refractivity contribution >= 4 is 45.3 Å². The van der Waals surface area contributed by atoms with Crippen LogP contribution in [0.5, 0.6) is 0 Å². The van der Waals surface area contributed by atoms with Crippen LogP contribution in [0.4, 0.5) is 16.3 Å². The Morgan fingerprint density at radius 1 is 1.14 bits per heavy atom. The first-order chi connectivity index (χ1) is 17.6. The molecule has 1 saturated carbocycles. The molecule has 2 unspecified atom stereocenters. The number of anilines is 2. The first kappa shape index (κ1) is 24.1. The summed E-state index contributed by atoms with van der Waals surface area (Å²) in [6.07, 6.45) is 1.43. The Balaban J connectivity index is 1.62. The third-order valence-electron chi connectivity index (χ3n) is 6.22. The molecule has 1 aliphatic carbocycles. The molecule has 0 spiro atoms. The van der Waals surface area contributed by atoms with Gasteiger partial charge < -0.3 is 10.1 Å². The van der Waals surface area contributed by atoms with Crippen LogP contribution in [0.25, 0.3) is 27.5 Å². The van der Waals surface area contributed by atoms with Gasteiger partial charge >= 0.3 is 11.8 Å². The quantitative estimate of drug-likeness (QED) is 0.431. The fourth-order valence-electron chi connectivity index (χ4n) is 4.35. The van der Waals surface area contributed by atoms with Crippen LogP contribution in [0.3, 0.4) is 0 Å². The fourth-order valence-corrected chi connectivity index (χ4v) is 4.35. The van der Waals surface area contributed by atoms with Gasteiger partial charge in [-0.2, -0.15) is 5.26 Å². The van der Waals surface area contributed by atoms with Crippen LogP contribution in [-0.4, -0.2) is 31.7 Å². The van der Waals surface area contributed by atoms with Gasteiger partial charge in [-0.3, -0.25) is 19.2 Å². The van der Waals surface area contributed by atoms with Gasteiger partial charge in [0.1, 0.15) is 11.4 Å². The number of amides is 2. The minimum absolute atomic E-state index is 0.248. The Bertz CT molecular complexity index is 1670. The van der Waals surface area contributed by atoms with Crippen molar-refractivity contribution in [1.29, 1.82) is 5.26 Å². The van der Waals surface area contributed by atoms with Crippen LogP contribution in [0.1, 0.15) is 27.2 Å². The topological polar surface area (TPSA) is 131 Å². The van der Waals surface area contributed by atoms with Crippen LogP contribution in [-0.2, 0) is 16.6 Å². The van der Waals surface area contributed by atoms with Gasteiger partial charge in [-0.25, -0.2) is 14.6 Å². The average molecular weight is 499 g/mol. The predicted octanol–water partition coefficient (Wildman–Crippen LogP) is 4.32. The molecule has 188 valence electrons. The Labute approximate surface area is 212 Å². The van der Waals surface area contributed by atoms with Gasteiger partial charge in [0.05, 0.1) is 40.3 Å². The number of para-hydroxylation sites is 2. The highest BCUT2D eigenvalue weighted by molar-refractivity contribution is 6.03. The Kier molecular flexibility index (Phi) is 5.71.